The summed E-state index contributed by atoms with van der Waals surface area (Å²) in [5.41, 5.74) is 1.84. The van der Waals surface area contributed by atoms with Gasteiger partial charge in [0.15, 0.2) is 4.90 Å². The number of rotatable bonds is 14. The summed E-state index contributed by atoms with van der Waals surface area (Å²) in [4.78, 5) is 12.6. The SMILES string of the molecule is C=Nc1ccc([S+](C)[O-])cc1/C(=C(\C)S(=O)(=O)c1ccc(OCCCCCCC)cc1)N1CCC(N2CCCN(C)CC2)CC1. The normalized spacial score (nSPS) is 18.7. The van der Waals surface area contributed by atoms with Gasteiger partial charge >= 0.3 is 0 Å². The number of aliphatic imine (C=N–C) groups is 1. The van der Waals surface area contributed by atoms with Gasteiger partial charge in [-0.1, -0.05) is 32.6 Å². The fourth-order valence-electron chi connectivity index (χ4n) is 6.41. The highest BCUT2D eigenvalue weighted by Gasteiger charge is 2.32. The Morgan fingerprint density at radius 3 is 2.38 bits per heavy atom. The Morgan fingerprint density at radius 1 is 1.00 bits per heavy atom. The first-order valence-corrected chi connectivity index (χ1v) is 19.5. The molecule has 4 rings (SSSR count). The zero-order valence-electron chi connectivity index (χ0n) is 27.7. The topological polar surface area (TPSA) is 88.5 Å². The molecule has 248 valence electrons. The third kappa shape index (κ3) is 9.35. The van der Waals surface area contributed by atoms with E-state index in [9.17, 15) is 13.0 Å². The van der Waals surface area contributed by atoms with E-state index in [0.717, 1.165) is 71.4 Å². The highest BCUT2D eigenvalue weighted by molar-refractivity contribution is 7.95. The molecule has 0 bridgehead atoms. The molecule has 2 aromatic carbocycles. The van der Waals surface area contributed by atoms with E-state index in [-0.39, 0.29) is 9.80 Å². The maximum Gasteiger partial charge on any atom is 0.204 e. The Hall–Kier alpha value is -2.37. The molecule has 2 saturated heterocycles. The fraction of sp³-hybridized carbons (Fsp3) is 0.571. The van der Waals surface area contributed by atoms with Crippen LogP contribution in [0.3, 0.4) is 0 Å². The van der Waals surface area contributed by atoms with Crippen molar-refractivity contribution < 1.29 is 17.7 Å². The van der Waals surface area contributed by atoms with Crippen LogP contribution in [-0.4, -0.2) is 99.6 Å². The molecule has 1 atom stereocenters. The van der Waals surface area contributed by atoms with Gasteiger partial charge in [0.25, 0.3) is 0 Å². The van der Waals surface area contributed by atoms with Gasteiger partial charge < -0.3 is 19.1 Å². The summed E-state index contributed by atoms with van der Waals surface area (Å²) in [7, 11) is -1.68. The Bertz CT molecular complexity index is 1390. The first kappa shape index (κ1) is 35.5. The van der Waals surface area contributed by atoms with E-state index in [1.54, 1.807) is 49.6 Å². The molecule has 2 heterocycles. The van der Waals surface area contributed by atoms with Crippen molar-refractivity contribution in [2.75, 3.05) is 59.2 Å². The Balaban J connectivity index is 1.62. The summed E-state index contributed by atoms with van der Waals surface area (Å²) in [6, 6.07) is 12.6. The van der Waals surface area contributed by atoms with E-state index < -0.39 is 21.0 Å². The van der Waals surface area contributed by atoms with Crippen LogP contribution in [0, 0.1) is 0 Å². The monoisotopic (exact) mass is 656 g/mol. The molecule has 0 spiro atoms. The van der Waals surface area contributed by atoms with Gasteiger partial charge in [-0.15, -0.1) is 0 Å². The van der Waals surface area contributed by atoms with Crippen molar-refractivity contribution in [2.45, 2.75) is 81.0 Å². The standard InChI is InChI=1S/C35H52N4O4S2/c1-6-7-8-9-10-26-43-30-12-15-32(16-13-30)45(41,42)28(2)35(33-27-31(44(5)40)14-17-34(33)36-3)39-22-18-29(19-23-39)38-21-11-20-37(4)24-25-38/h12-17,27,29H,3,6-11,18-26H2,1-2,4-5H3/b35-28-. The predicted molar refractivity (Wildman–Crippen MR) is 187 cm³/mol. The number of piperidine rings is 1. The smallest absolute Gasteiger partial charge is 0.204 e. The molecule has 0 aromatic heterocycles. The van der Waals surface area contributed by atoms with E-state index >= 15 is 0 Å². The van der Waals surface area contributed by atoms with Crippen molar-refractivity contribution >= 4 is 39.1 Å². The van der Waals surface area contributed by atoms with Gasteiger partial charge in [0.05, 0.1) is 27.8 Å². The lowest BCUT2D eigenvalue weighted by molar-refractivity contribution is 0.137. The third-order valence-corrected chi connectivity index (χ3v) is 12.0. The Morgan fingerprint density at radius 2 is 1.71 bits per heavy atom. The number of ether oxygens (including phenoxy) is 1. The van der Waals surface area contributed by atoms with E-state index in [1.807, 2.05) is 6.07 Å². The number of sulfone groups is 1. The van der Waals surface area contributed by atoms with Crippen LogP contribution < -0.4 is 4.74 Å². The largest absolute Gasteiger partial charge is 0.612 e. The highest BCUT2D eigenvalue weighted by Crippen LogP contribution is 2.38. The number of hydrogen-bond acceptors (Lipinski definition) is 8. The van der Waals surface area contributed by atoms with Crippen molar-refractivity contribution in [2.24, 2.45) is 4.99 Å². The van der Waals surface area contributed by atoms with Gasteiger partial charge in [-0.25, -0.2) is 8.42 Å². The molecule has 2 aromatic rings. The molecule has 0 N–H and O–H groups in total. The minimum Gasteiger partial charge on any atom is -0.612 e. The van der Waals surface area contributed by atoms with E-state index in [4.69, 9.17) is 4.74 Å². The first-order chi connectivity index (χ1) is 21.6. The molecule has 10 heteroatoms. The number of unbranched alkanes of at least 4 members (excludes halogenated alkanes) is 4. The summed E-state index contributed by atoms with van der Waals surface area (Å²) in [6.07, 6.45) is 10.5. The van der Waals surface area contributed by atoms with Crippen molar-refractivity contribution in [3.8, 4) is 5.75 Å². The molecule has 0 radical (unpaired) electrons. The van der Waals surface area contributed by atoms with Crippen molar-refractivity contribution in [3.63, 3.8) is 0 Å². The van der Waals surface area contributed by atoms with Crippen LogP contribution in [0.4, 0.5) is 5.69 Å². The summed E-state index contributed by atoms with van der Waals surface area (Å²) >= 11 is -1.24. The zero-order chi connectivity index (χ0) is 32.4. The maximum atomic E-state index is 14.2. The van der Waals surface area contributed by atoms with E-state index in [0.29, 0.717) is 40.2 Å². The van der Waals surface area contributed by atoms with Crippen LogP contribution >= 0.6 is 0 Å². The third-order valence-electron chi connectivity index (χ3n) is 9.16. The molecule has 45 heavy (non-hydrogen) atoms. The number of allylic oxidation sites excluding steroid dienone is 1. The predicted octanol–water partition coefficient (Wildman–Crippen LogP) is 6.37. The molecule has 0 saturated carbocycles. The van der Waals surface area contributed by atoms with Crippen LogP contribution in [0.5, 0.6) is 5.75 Å². The Kier molecular flexibility index (Phi) is 13.4. The molecule has 0 amide bonds. The molecular formula is C35H52N4O4S2. The summed E-state index contributed by atoms with van der Waals surface area (Å²) in [5.74, 6) is 0.671. The van der Waals surface area contributed by atoms with Gasteiger partial charge in [-0.3, -0.25) is 9.89 Å². The number of likely N-dealkylation sites (tertiary alicyclic amines) is 1. The second kappa shape index (κ2) is 17.0. The van der Waals surface area contributed by atoms with Crippen molar-refractivity contribution in [1.82, 2.24) is 14.7 Å². The molecule has 2 aliphatic heterocycles. The molecule has 2 aliphatic rings. The van der Waals surface area contributed by atoms with Gasteiger partial charge in [0, 0.05) is 43.9 Å². The number of likely N-dealkylation sites (N-methyl/N-ethyl adjacent to an activating group) is 1. The molecule has 8 nitrogen and oxygen atoms in total. The van der Waals surface area contributed by atoms with E-state index in [2.05, 4.69) is 40.4 Å². The lowest BCUT2D eigenvalue weighted by atomic mass is 9.99. The van der Waals surface area contributed by atoms with Crippen molar-refractivity contribution in [1.29, 1.82) is 0 Å². The average molecular weight is 657 g/mol. The Labute approximate surface area is 274 Å². The van der Waals surface area contributed by atoms with Crippen LogP contribution in [0.15, 0.2) is 62.2 Å². The fourth-order valence-corrected chi connectivity index (χ4v) is 8.29. The summed E-state index contributed by atoms with van der Waals surface area (Å²) in [6.45, 7) is 14.1. The number of benzene rings is 2. The summed E-state index contributed by atoms with van der Waals surface area (Å²) in [5, 5.41) is 0. The second-order valence-electron chi connectivity index (χ2n) is 12.3. The minimum atomic E-state index is -3.86. The molecular weight excluding hydrogens is 605 g/mol. The number of nitrogens with zero attached hydrogens (tertiary/aromatic N) is 4. The van der Waals surface area contributed by atoms with Gasteiger partial charge in [0.1, 0.15) is 12.0 Å². The van der Waals surface area contributed by atoms with Crippen molar-refractivity contribution in [3.05, 3.63) is 52.9 Å². The lowest BCUT2D eigenvalue weighted by Gasteiger charge is -2.40. The lowest BCUT2D eigenvalue weighted by Crippen LogP contribution is -2.45. The molecule has 2 fully saturated rings. The minimum absolute atomic E-state index is 0.222. The second-order valence-corrected chi connectivity index (χ2v) is 15.8. The summed E-state index contributed by atoms with van der Waals surface area (Å²) < 4.78 is 46.9. The van der Waals surface area contributed by atoms with Crippen LogP contribution in [0.25, 0.3) is 5.70 Å². The number of hydrogen-bond donors (Lipinski definition) is 0. The van der Waals surface area contributed by atoms with Crippen LogP contribution in [0.2, 0.25) is 0 Å². The highest BCUT2D eigenvalue weighted by atomic mass is 32.2. The average Bonchev–Trinajstić information content (AvgIpc) is 3.27. The molecule has 0 aliphatic carbocycles. The van der Waals surface area contributed by atoms with Crippen LogP contribution in [0.1, 0.15) is 70.8 Å². The quantitative estimate of drug-likeness (QED) is 0.133. The van der Waals surface area contributed by atoms with Gasteiger partial charge in [0.2, 0.25) is 9.84 Å². The van der Waals surface area contributed by atoms with Gasteiger partial charge in [-0.2, -0.15) is 0 Å². The maximum absolute atomic E-state index is 14.2. The zero-order valence-corrected chi connectivity index (χ0v) is 29.3. The van der Waals surface area contributed by atoms with Crippen LogP contribution in [-0.2, 0) is 21.0 Å². The van der Waals surface area contributed by atoms with Gasteiger partial charge in [-0.05, 0) is 107 Å². The van der Waals surface area contributed by atoms with E-state index in [1.165, 1.54) is 19.3 Å². The molecule has 1 unspecified atom stereocenters. The first-order valence-electron chi connectivity index (χ1n) is 16.5.